The van der Waals surface area contributed by atoms with E-state index in [1.165, 1.54) is 13.4 Å². The van der Waals surface area contributed by atoms with Gasteiger partial charge in [0.2, 0.25) is 0 Å². The van der Waals surface area contributed by atoms with E-state index in [0.717, 1.165) is 11.4 Å². The van der Waals surface area contributed by atoms with E-state index < -0.39 is 12.0 Å². The molecule has 168 valence electrons. The van der Waals surface area contributed by atoms with Crippen LogP contribution in [0.3, 0.4) is 0 Å². The standard InChI is InChI=1S/C20H27N5O5S/c1-28-19(26)18(7-10-31-2)23-20(27)24-8-9-29-17(11-24)12-30-16-5-3-15(4-6-16)25-14-21-13-22-25/h3-6,13-14,17-18H,7-12H2,1-2H3,(H,23,27). The number of hydrogen-bond donors (Lipinski definition) is 1. The molecule has 1 aromatic heterocycles. The van der Waals surface area contributed by atoms with Crippen LogP contribution < -0.4 is 10.1 Å². The minimum Gasteiger partial charge on any atom is -0.491 e. The zero-order valence-electron chi connectivity index (χ0n) is 17.6. The number of rotatable bonds is 9. The van der Waals surface area contributed by atoms with E-state index in [-0.39, 0.29) is 12.1 Å². The van der Waals surface area contributed by atoms with E-state index in [9.17, 15) is 9.59 Å². The number of esters is 1. The molecule has 11 heteroatoms. The highest BCUT2D eigenvalue weighted by Crippen LogP contribution is 2.16. The van der Waals surface area contributed by atoms with Crippen LogP contribution in [0.2, 0.25) is 0 Å². The topological polar surface area (TPSA) is 108 Å². The number of morpholine rings is 1. The van der Waals surface area contributed by atoms with Gasteiger partial charge in [0.1, 0.15) is 37.2 Å². The number of nitrogens with zero attached hydrogens (tertiary/aromatic N) is 4. The van der Waals surface area contributed by atoms with Crippen molar-refractivity contribution in [1.29, 1.82) is 0 Å². The van der Waals surface area contributed by atoms with E-state index in [1.54, 1.807) is 27.7 Å². The van der Waals surface area contributed by atoms with E-state index in [0.29, 0.717) is 38.5 Å². The molecule has 31 heavy (non-hydrogen) atoms. The molecule has 10 nitrogen and oxygen atoms in total. The molecule has 1 fully saturated rings. The second kappa shape index (κ2) is 11.6. The Balaban J connectivity index is 1.49. The van der Waals surface area contributed by atoms with Gasteiger partial charge in [-0.15, -0.1) is 0 Å². The fraction of sp³-hybridized carbons (Fsp3) is 0.500. The van der Waals surface area contributed by atoms with Gasteiger partial charge in [-0.1, -0.05) is 0 Å². The average Bonchev–Trinajstić information content (AvgIpc) is 3.35. The fourth-order valence-corrected chi connectivity index (χ4v) is 3.57. The van der Waals surface area contributed by atoms with Crippen molar-refractivity contribution in [3.63, 3.8) is 0 Å². The summed E-state index contributed by atoms with van der Waals surface area (Å²) in [7, 11) is 1.32. The predicted molar refractivity (Wildman–Crippen MR) is 116 cm³/mol. The Labute approximate surface area is 185 Å². The molecule has 2 heterocycles. The quantitative estimate of drug-likeness (QED) is 0.572. The average molecular weight is 450 g/mol. The summed E-state index contributed by atoms with van der Waals surface area (Å²) in [5.41, 5.74) is 0.878. The highest BCUT2D eigenvalue weighted by Gasteiger charge is 2.28. The Kier molecular flexibility index (Phi) is 8.53. The number of carbonyl (C=O) groups excluding carboxylic acids is 2. The Morgan fingerprint density at radius 2 is 2.16 bits per heavy atom. The summed E-state index contributed by atoms with van der Waals surface area (Å²) in [6, 6.07) is 6.49. The monoisotopic (exact) mass is 449 g/mol. The molecule has 2 amide bonds. The van der Waals surface area contributed by atoms with Crippen molar-refractivity contribution < 1.29 is 23.8 Å². The lowest BCUT2D eigenvalue weighted by atomic mass is 10.2. The predicted octanol–water partition coefficient (Wildman–Crippen LogP) is 1.35. The molecular formula is C20H27N5O5S. The van der Waals surface area contributed by atoms with Crippen molar-refractivity contribution >= 4 is 23.8 Å². The second-order valence-electron chi connectivity index (χ2n) is 6.89. The first-order valence-electron chi connectivity index (χ1n) is 9.92. The molecule has 2 aromatic rings. The third-order valence-electron chi connectivity index (χ3n) is 4.78. The first-order chi connectivity index (χ1) is 15.1. The summed E-state index contributed by atoms with van der Waals surface area (Å²) >= 11 is 1.61. The van der Waals surface area contributed by atoms with E-state index in [1.807, 2.05) is 30.5 Å². The Morgan fingerprint density at radius 3 is 2.84 bits per heavy atom. The number of methoxy groups -OCH3 is 1. The number of amides is 2. The summed E-state index contributed by atoms with van der Waals surface area (Å²) in [6.45, 7) is 1.53. The SMILES string of the molecule is COC(=O)C(CCSC)NC(=O)N1CCOC(COc2ccc(-n3cncn3)cc2)C1. The van der Waals surface area contributed by atoms with Crippen molar-refractivity contribution in [2.75, 3.05) is 45.4 Å². The Hall–Kier alpha value is -2.79. The van der Waals surface area contributed by atoms with Crippen LogP contribution in [0, 0.1) is 0 Å². The van der Waals surface area contributed by atoms with E-state index >= 15 is 0 Å². The summed E-state index contributed by atoms with van der Waals surface area (Å²) in [4.78, 5) is 30.2. The number of urea groups is 1. The third-order valence-corrected chi connectivity index (χ3v) is 5.42. The molecule has 3 rings (SSSR count). The van der Waals surface area contributed by atoms with Gasteiger partial charge < -0.3 is 24.4 Å². The normalized spacial score (nSPS) is 17.1. The zero-order chi connectivity index (χ0) is 22.1. The fourth-order valence-electron chi connectivity index (χ4n) is 3.10. The Bertz CT molecular complexity index is 833. The van der Waals surface area contributed by atoms with Crippen molar-refractivity contribution in [2.45, 2.75) is 18.6 Å². The summed E-state index contributed by atoms with van der Waals surface area (Å²) in [5.74, 6) is 0.997. The lowest BCUT2D eigenvalue weighted by molar-refractivity contribution is -0.143. The lowest BCUT2D eigenvalue weighted by Gasteiger charge is -2.33. The van der Waals surface area contributed by atoms with Gasteiger partial charge in [0.25, 0.3) is 0 Å². The minimum atomic E-state index is -0.661. The van der Waals surface area contributed by atoms with Gasteiger partial charge in [-0.05, 0) is 42.7 Å². The number of aromatic nitrogens is 3. The molecular weight excluding hydrogens is 422 g/mol. The number of carbonyl (C=O) groups is 2. The van der Waals surface area contributed by atoms with Gasteiger partial charge >= 0.3 is 12.0 Å². The summed E-state index contributed by atoms with van der Waals surface area (Å²) in [5, 5.41) is 6.86. The maximum atomic E-state index is 12.7. The minimum absolute atomic E-state index is 0.266. The first-order valence-corrected chi connectivity index (χ1v) is 11.3. The molecule has 2 unspecified atom stereocenters. The number of hydrogen-bond acceptors (Lipinski definition) is 8. The summed E-state index contributed by atoms with van der Waals surface area (Å²) < 4.78 is 18.0. The van der Waals surface area contributed by atoms with Crippen molar-refractivity contribution in [1.82, 2.24) is 25.0 Å². The van der Waals surface area contributed by atoms with Gasteiger partial charge in [0.15, 0.2) is 0 Å². The van der Waals surface area contributed by atoms with Crippen molar-refractivity contribution in [3.05, 3.63) is 36.9 Å². The molecule has 0 radical (unpaired) electrons. The molecule has 0 aliphatic carbocycles. The number of nitrogens with one attached hydrogen (secondary N) is 1. The maximum absolute atomic E-state index is 12.7. The first kappa shape index (κ1) is 22.9. The van der Waals surface area contributed by atoms with Gasteiger partial charge in [-0.25, -0.2) is 19.3 Å². The van der Waals surface area contributed by atoms with E-state index in [2.05, 4.69) is 15.4 Å². The molecule has 1 N–H and O–H groups in total. The molecule has 1 aliphatic rings. The van der Waals surface area contributed by atoms with Crippen LogP contribution in [0.25, 0.3) is 5.69 Å². The number of thioether (sulfide) groups is 1. The maximum Gasteiger partial charge on any atom is 0.328 e. The molecule has 1 saturated heterocycles. The van der Waals surface area contributed by atoms with Crippen LogP contribution in [0.15, 0.2) is 36.9 Å². The van der Waals surface area contributed by atoms with Crippen LogP contribution in [0.4, 0.5) is 4.79 Å². The van der Waals surface area contributed by atoms with Crippen LogP contribution >= 0.6 is 11.8 Å². The summed E-state index contributed by atoms with van der Waals surface area (Å²) in [6.07, 6.45) is 5.30. The van der Waals surface area contributed by atoms with Crippen LogP contribution in [0.1, 0.15) is 6.42 Å². The van der Waals surface area contributed by atoms with Crippen LogP contribution in [-0.2, 0) is 14.3 Å². The van der Waals surface area contributed by atoms with Crippen molar-refractivity contribution in [3.8, 4) is 11.4 Å². The Morgan fingerprint density at radius 1 is 1.35 bits per heavy atom. The molecule has 0 bridgehead atoms. The molecule has 1 aliphatic heterocycles. The highest BCUT2D eigenvalue weighted by atomic mass is 32.2. The number of ether oxygens (including phenoxy) is 3. The molecule has 0 saturated carbocycles. The second-order valence-corrected chi connectivity index (χ2v) is 7.88. The van der Waals surface area contributed by atoms with Gasteiger partial charge in [0, 0.05) is 6.54 Å². The zero-order valence-corrected chi connectivity index (χ0v) is 18.4. The van der Waals surface area contributed by atoms with Crippen LogP contribution in [-0.4, -0.2) is 89.2 Å². The lowest BCUT2D eigenvalue weighted by Crippen LogP contribution is -2.54. The smallest absolute Gasteiger partial charge is 0.328 e. The van der Waals surface area contributed by atoms with Gasteiger partial charge in [-0.2, -0.15) is 16.9 Å². The van der Waals surface area contributed by atoms with Crippen molar-refractivity contribution in [2.24, 2.45) is 0 Å². The van der Waals surface area contributed by atoms with Gasteiger partial charge in [0.05, 0.1) is 25.9 Å². The molecule has 2 atom stereocenters. The third kappa shape index (κ3) is 6.59. The molecule has 0 spiro atoms. The van der Waals surface area contributed by atoms with E-state index in [4.69, 9.17) is 14.2 Å². The highest BCUT2D eigenvalue weighted by molar-refractivity contribution is 7.98. The van der Waals surface area contributed by atoms with Crippen LogP contribution in [0.5, 0.6) is 5.75 Å². The molecule has 1 aromatic carbocycles. The number of benzene rings is 1. The van der Waals surface area contributed by atoms with Gasteiger partial charge in [-0.3, -0.25) is 0 Å². The largest absolute Gasteiger partial charge is 0.491 e.